The van der Waals surface area contributed by atoms with Crippen molar-refractivity contribution >= 4 is 30.0 Å². The summed E-state index contributed by atoms with van der Waals surface area (Å²) in [6, 6.07) is 15.4. The molecule has 27 heavy (non-hydrogen) atoms. The van der Waals surface area contributed by atoms with E-state index in [1.54, 1.807) is 35.2 Å². The van der Waals surface area contributed by atoms with E-state index in [-0.39, 0.29) is 12.0 Å². The molecule has 0 saturated carbocycles. The molecule has 0 unspecified atom stereocenters. The zero-order chi connectivity index (χ0) is 19.4. The van der Waals surface area contributed by atoms with Gasteiger partial charge < -0.3 is 4.74 Å². The van der Waals surface area contributed by atoms with Gasteiger partial charge in [0.15, 0.2) is 5.82 Å². The van der Waals surface area contributed by atoms with Crippen molar-refractivity contribution in [3.05, 3.63) is 75.3 Å². The Morgan fingerprint density at radius 1 is 1.15 bits per heavy atom. The van der Waals surface area contributed by atoms with Gasteiger partial charge in [0.2, 0.25) is 4.77 Å². The van der Waals surface area contributed by atoms with E-state index >= 15 is 0 Å². The van der Waals surface area contributed by atoms with Crippen LogP contribution in [0.5, 0.6) is 5.75 Å². The summed E-state index contributed by atoms with van der Waals surface area (Å²) < 4.78 is 7.69. The van der Waals surface area contributed by atoms with Gasteiger partial charge in [0.25, 0.3) is 0 Å². The van der Waals surface area contributed by atoms with Crippen LogP contribution in [0.15, 0.2) is 53.6 Å². The Hall–Kier alpha value is -2.44. The molecule has 140 valence electrons. The van der Waals surface area contributed by atoms with Gasteiger partial charge in [0.1, 0.15) is 12.4 Å². The maximum absolute atomic E-state index is 5.88. The number of ether oxygens (including phenoxy) is 1. The molecule has 0 saturated heterocycles. The standard InChI is InChI=1S/C20H21ClN4OS/c1-20(2,3)15-6-4-14(5-7-15)12-22-25-18(23-24-19(25)27)13-26-17-10-8-16(21)9-11-17/h4-12H,13H2,1-3H3,(H,24,27)/b22-12-. The van der Waals surface area contributed by atoms with Crippen LogP contribution in [-0.2, 0) is 12.0 Å². The second-order valence-electron chi connectivity index (χ2n) is 7.12. The van der Waals surface area contributed by atoms with Crippen molar-refractivity contribution < 1.29 is 4.74 Å². The Morgan fingerprint density at radius 3 is 2.44 bits per heavy atom. The van der Waals surface area contributed by atoms with Gasteiger partial charge in [-0.1, -0.05) is 56.6 Å². The minimum Gasteiger partial charge on any atom is -0.486 e. The van der Waals surface area contributed by atoms with E-state index in [0.717, 1.165) is 5.56 Å². The van der Waals surface area contributed by atoms with Gasteiger partial charge in [-0.05, 0) is 53.0 Å². The van der Waals surface area contributed by atoms with Crippen molar-refractivity contribution in [1.29, 1.82) is 0 Å². The summed E-state index contributed by atoms with van der Waals surface area (Å²) >= 11 is 11.1. The monoisotopic (exact) mass is 400 g/mol. The molecule has 0 aliphatic rings. The third-order valence-electron chi connectivity index (χ3n) is 4.00. The zero-order valence-corrected chi connectivity index (χ0v) is 17.0. The molecule has 0 atom stereocenters. The van der Waals surface area contributed by atoms with Crippen molar-refractivity contribution in [3.63, 3.8) is 0 Å². The Kier molecular flexibility index (Phi) is 5.77. The number of hydrogen-bond acceptors (Lipinski definition) is 4. The summed E-state index contributed by atoms with van der Waals surface area (Å²) in [6.07, 6.45) is 1.75. The van der Waals surface area contributed by atoms with E-state index in [4.69, 9.17) is 28.6 Å². The van der Waals surface area contributed by atoms with E-state index < -0.39 is 0 Å². The molecule has 1 aromatic heterocycles. The quantitative estimate of drug-likeness (QED) is 0.463. The van der Waals surface area contributed by atoms with Crippen LogP contribution in [0, 0.1) is 4.77 Å². The second-order valence-corrected chi connectivity index (χ2v) is 7.94. The van der Waals surface area contributed by atoms with E-state index in [1.807, 2.05) is 12.1 Å². The maximum Gasteiger partial charge on any atom is 0.216 e. The van der Waals surface area contributed by atoms with Crippen molar-refractivity contribution in [2.75, 3.05) is 0 Å². The van der Waals surface area contributed by atoms with Crippen LogP contribution >= 0.6 is 23.8 Å². The number of benzene rings is 2. The van der Waals surface area contributed by atoms with E-state index in [9.17, 15) is 0 Å². The van der Waals surface area contributed by atoms with Gasteiger partial charge in [-0.25, -0.2) is 5.10 Å². The largest absolute Gasteiger partial charge is 0.486 e. The van der Waals surface area contributed by atoms with Gasteiger partial charge in [-0.15, -0.1) is 0 Å². The van der Waals surface area contributed by atoms with Crippen LogP contribution in [-0.4, -0.2) is 21.1 Å². The maximum atomic E-state index is 5.88. The molecule has 5 nitrogen and oxygen atoms in total. The Morgan fingerprint density at radius 2 is 1.81 bits per heavy atom. The molecule has 2 aromatic carbocycles. The first-order valence-corrected chi connectivity index (χ1v) is 9.31. The van der Waals surface area contributed by atoms with Crippen molar-refractivity contribution in [2.24, 2.45) is 5.10 Å². The highest BCUT2D eigenvalue weighted by molar-refractivity contribution is 7.71. The highest BCUT2D eigenvalue weighted by Crippen LogP contribution is 2.22. The topological polar surface area (TPSA) is 55.2 Å². The molecule has 7 heteroatoms. The third kappa shape index (κ3) is 5.05. The first-order valence-electron chi connectivity index (χ1n) is 8.52. The molecule has 0 bridgehead atoms. The second kappa shape index (κ2) is 8.06. The molecular formula is C20H21ClN4OS. The van der Waals surface area contributed by atoms with Gasteiger partial charge in [0, 0.05) is 5.02 Å². The molecule has 3 aromatic rings. The molecule has 0 radical (unpaired) electrons. The molecule has 0 amide bonds. The van der Waals surface area contributed by atoms with Crippen LogP contribution < -0.4 is 4.74 Å². The summed E-state index contributed by atoms with van der Waals surface area (Å²) in [5.41, 5.74) is 2.38. The van der Waals surface area contributed by atoms with E-state index in [0.29, 0.717) is 21.4 Å². The average Bonchev–Trinajstić information content (AvgIpc) is 2.99. The Labute approximate surface area is 168 Å². The zero-order valence-electron chi connectivity index (χ0n) is 15.4. The number of nitrogens with zero attached hydrogens (tertiary/aromatic N) is 3. The van der Waals surface area contributed by atoms with Gasteiger partial charge in [0.05, 0.1) is 6.21 Å². The minimum atomic E-state index is 0.120. The number of rotatable bonds is 5. The van der Waals surface area contributed by atoms with Gasteiger partial charge in [-0.2, -0.15) is 14.9 Å². The Bertz CT molecular complexity index is 983. The summed E-state index contributed by atoms with van der Waals surface area (Å²) in [7, 11) is 0. The predicted octanol–water partition coefficient (Wildman–Crippen LogP) is 5.35. The molecule has 0 aliphatic carbocycles. The molecular weight excluding hydrogens is 380 g/mol. The third-order valence-corrected chi connectivity index (χ3v) is 4.51. The summed E-state index contributed by atoms with van der Waals surface area (Å²) in [5.74, 6) is 1.28. The van der Waals surface area contributed by atoms with Crippen molar-refractivity contribution in [3.8, 4) is 5.75 Å². The number of aromatic amines is 1. The van der Waals surface area contributed by atoms with Gasteiger partial charge >= 0.3 is 0 Å². The summed E-state index contributed by atoms with van der Waals surface area (Å²) in [6.45, 7) is 6.80. The first kappa shape index (κ1) is 19.3. The average molecular weight is 401 g/mol. The van der Waals surface area contributed by atoms with Crippen molar-refractivity contribution in [2.45, 2.75) is 32.8 Å². The van der Waals surface area contributed by atoms with Crippen LogP contribution in [0.1, 0.15) is 37.7 Å². The van der Waals surface area contributed by atoms with Gasteiger partial charge in [-0.3, -0.25) is 0 Å². The lowest BCUT2D eigenvalue weighted by molar-refractivity contribution is 0.290. The highest BCUT2D eigenvalue weighted by atomic mass is 35.5. The molecule has 3 rings (SSSR count). The number of hydrogen-bond donors (Lipinski definition) is 1. The lowest BCUT2D eigenvalue weighted by atomic mass is 9.87. The summed E-state index contributed by atoms with van der Waals surface area (Å²) in [4.78, 5) is 0. The molecule has 0 fully saturated rings. The molecule has 1 N–H and O–H groups in total. The first-order chi connectivity index (χ1) is 12.8. The lowest BCUT2D eigenvalue weighted by Gasteiger charge is -2.18. The predicted molar refractivity (Wildman–Crippen MR) is 111 cm³/mol. The molecule has 1 heterocycles. The van der Waals surface area contributed by atoms with Crippen LogP contribution in [0.2, 0.25) is 5.02 Å². The molecule has 0 spiro atoms. The number of aromatic nitrogens is 3. The normalized spacial score (nSPS) is 11.9. The smallest absolute Gasteiger partial charge is 0.216 e. The fourth-order valence-electron chi connectivity index (χ4n) is 2.41. The fraction of sp³-hybridized carbons (Fsp3) is 0.250. The number of H-pyrrole nitrogens is 1. The number of nitrogens with one attached hydrogen (secondary N) is 1. The fourth-order valence-corrected chi connectivity index (χ4v) is 2.73. The van der Waals surface area contributed by atoms with E-state index in [1.165, 1.54) is 5.56 Å². The number of halogens is 1. The minimum absolute atomic E-state index is 0.120. The molecule has 0 aliphatic heterocycles. The van der Waals surface area contributed by atoms with E-state index in [2.05, 4.69) is 48.2 Å². The van der Waals surface area contributed by atoms with Crippen LogP contribution in [0.25, 0.3) is 0 Å². The SMILES string of the molecule is CC(C)(C)c1ccc(/C=N\n2c(COc3ccc(Cl)cc3)n[nH]c2=S)cc1. The Balaban J connectivity index is 1.73. The van der Waals surface area contributed by atoms with Crippen LogP contribution in [0.3, 0.4) is 0 Å². The lowest BCUT2D eigenvalue weighted by Crippen LogP contribution is -2.10. The summed E-state index contributed by atoms with van der Waals surface area (Å²) in [5, 5.41) is 12.0. The highest BCUT2D eigenvalue weighted by Gasteiger charge is 2.12. The van der Waals surface area contributed by atoms with Crippen LogP contribution in [0.4, 0.5) is 0 Å². The van der Waals surface area contributed by atoms with Crippen molar-refractivity contribution in [1.82, 2.24) is 14.9 Å².